The summed E-state index contributed by atoms with van der Waals surface area (Å²) in [5, 5.41) is 10.0. The summed E-state index contributed by atoms with van der Waals surface area (Å²) >= 11 is 1.65. The second-order valence-electron chi connectivity index (χ2n) is 3.38. The van der Waals surface area contributed by atoms with Crippen molar-refractivity contribution in [3.05, 3.63) is 34.5 Å². The van der Waals surface area contributed by atoms with Crippen LogP contribution in [0.25, 0.3) is 0 Å². The van der Waals surface area contributed by atoms with Crippen molar-refractivity contribution < 1.29 is 0 Å². The molecule has 0 amide bonds. The fourth-order valence-electron chi connectivity index (χ4n) is 1.51. The van der Waals surface area contributed by atoms with Crippen LogP contribution in [0, 0.1) is 0 Å². The molecule has 2 N–H and O–H groups in total. The van der Waals surface area contributed by atoms with Crippen molar-refractivity contribution in [2.24, 2.45) is 5.73 Å². The minimum Gasteiger partial charge on any atom is -0.317 e. The van der Waals surface area contributed by atoms with Crippen molar-refractivity contribution >= 4 is 11.3 Å². The molecule has 0 saturated heterocycles. The molecule has 80 valence electrons. The van der Waals surface area contributed by atoms with Crippen LogP contribution in [0.4, 0.5) is 0 Å². The van der Waals surface area contributed by atoms with Crippen LogP contribution in [0.5, 0.6) is 0 Å². The smallest absolute Gasteiger partial charge is 0.155 e. The zero-order valence-corrected chi connectivity index (χ0v) is 9.44. The van der Waals surface area contributed by atoms with E-state index in [0.29, 0.717) is 0 Å². The molecule has 0 saturated carbocycles. The van der Waals surface area contributed by atoms with Crippen molar-refractivity contribution in [3.63, 3.8) is 0 Å². The van der Waals surface area contributed by atoms with Gasteiger partial charge in [0.25, 0.3) is 0 Å². The first kappa shape index (κ1) is 10.3. The lowest BCUT2D eigenvalue weighted by Crippen LogP contribution is -2.16. The highest BCUT2D eigenvalue weighted by atomic mass is 32.1. The Balaban J connectivity index is 2.25. The zero-order valence-electron chi connectivity index (χ0n) is 8.63. The van der Waals surface area contributed by atoms with E-state index in [9.17, 15) is 0 Å². The maximum Gasteiger partial charge on any atom is 0.155 e. The topological polar surface area (TPSA) is 56.7 Å². The van der Waals surface area contributed by atoms with E-state index >= 15 is 0 Å². The summed E-state index contributed by atoms with van der Waals surface area (Å²) < 4.78 is 2.02. The maximum absolute atomic E-state index is 6.12. The highest BCUT2D eigenvalue weighted by Gasteiger charge is 2.15. The number of aryl methyl sites for hydroxylation is 1. The number of aromatic nitrogens is 3. The van der Waals surface area contributed by atoms with Crippen LogP contribution in [-0.2, 0) is 6.54 Å². The molecular weight excluding hydrogens is 208 g/mol. The molecule has 2 aromatic rings. The van der Waals surface area contributed by atoms with Gasteiger partial charge in [0.15, 0.2) is 5.82 Å². The molecule has 15 heavy (non-hydrogen) atoms. The predicted molar refractivity (Wildman–Crippen MR) is 60.7 cm³/mol. The molecule has 0 aromatic carbocycles. The maximum atomic E-state index is 6.12. The number of thiophene rings is 1. The Morgan fingerprint density at radius 1 is 1.60 bits per heavy atom. The van der Waals surface area contributed by atoms with Crippen molar-refractivity contribution in [2.45, 2.75) is 25.9 Å². The Morgan fingerprint density at radius 3 is 3.13 bits per heavy atom. The van der Waals surface area contributed by atoms with E-state index in [1.54, 1.807) is 17.7 Å². The lowest BCUT2D eigenvalue weighted by atomic mass is 10.2. The van der Waals surface area contributed by atoms with Gasteiger partial charge in [-0.25, -0.2) is 0 Å². The van der Waals surface area contributed by atoms with Crippen LogP contribution < -0.4 is 5.73 Å². The molecule has 1 atom stereocenters. The molecule has 1 unspecified atom stereocenters. The van der Waals surface area contributed by atoms with Crippen molar-refractivity contribution in [1.29, 1.82) is 0 Å². The Kier molecular flexibility index (Phi) is 3.13. The third-order valence-corrected chi connectivity index (χ3v) is 3.19. The van der Waals surface area contributed by atoms with Crippen molar-refractivity contribution in [2.75, 3.05) is 0 Å². The summed E-state index contributed by atoms with van der Waals surface area (Å²) in [7, 11) is 0. The number of nitrogens with two attached hydrogens (primary N) is 1. The third kappa shape index (κ3) is 2.08. The van der Waals surface area contributed by atoms with Gasteiger partial charge in [-0.1, -0.05) is 13.0 Å². The van der Waals surface area contributed by atoms with E-state index < -0.39 is 0 Å². The second-order valence-corrected chi connectivity index (χ2v) is 4.35. The molecule has 2 rings (SSSR count). The molecule has 0 spiro atoms. The van der Waals surface area contributed by atoms with Gasteiger partial charge in [0, 0.05) is 11.4 Å². The quantitative estimate of drug-likeness (QED) is 0.858. The average Bonchev–Trinajstić information content (AvgIpc) is 2.87. The summed E-state index contributed by atoms with van der Waals surface area (Å²) in [6.45, 7) is 3.04. The van der Waals surface area contributed by atoms with E-state index in [-0.39, 0.29) is 6.04 Å². The first-order chi connectivity index (χ1) is 7.33. The van der Waals surface area contributed by atoms with Crippen LogP contribution in [0.3, 0.4) is 0 Å². The Morgan fingerprint density at radius 2 is 2.47 bits per heavy atom. The molecule has 0 aliphatic heterocycles. The third-order valence-electron chi connectivity index (χ3n) is 2.24. The summed E-state index contributed by atoms with van der Waals surface area (Å²) in [6, 6.07) is 3.87. The van der Waals surface area contributed by atoms with Crippen LogP contribution >= 0.6 is 11.3 Å². The van der Waals surface area contributed by atoms with Crippen LogP contribution in [0.1, 0.15) is 30.1 Å². The van der Waals surface area contributed by atoms with Gasteiger partial charge in [0.1, 0.15) is 12.4 Å². The highest BCUT2D eigenvalue weighted by Crippen LogP contribution is 2.21. The first-order valence-corrected chi connectivity index (χ1v) is 5.87. The molecule has 0 aliphatic rings. The zero-order chi connectivity index (χ0) is 10.7. The SMILES string of the molecule is CCCn1cnnc1C(N)c1cccs1. The Hall–Kier alpha value is -1.20. The van der Waals surface area contributed by atoms with Gasteiger partial charge in [0.2, 0.25) is 0 Å². The molecule has 2 heterocycles. The largest absolute Gasteiger partial charge is 0.317 e. The highest BCUT2D eigenvalue weighted by molar-refractivity contribution is 7.10. The Labute approximate surface area is 92.8 Å². The molecular formula is C10H14N4S. The van der Waals surface area contributed by atoms with Crippen LogP contribution in [0.15, 0.2) is 23.8 Å². The minimum atomic E-state index is -0.154. The normalized spacial score (nSPS) is 12.9. The van der Waals surface area contributed by atoms with Gasteiger partial charge in [-0.2, -0.15) is 0 Å². The second kappa shape index (κ2) is 4.55. The van der Waals surface area contributed by atoms with Gasteiger partial charge in [-0.3, -0.25) is 0 Å². The molecule has 0 bridgehead atoms. The number of rotatable bonds is 4. The van der Waals surface area contributed by atoms with Crippen LogP contribution in [-0.4, -0.2) is 14.8 Å². The molecule has 0 aliphatic carbocycles. The van der Waals surface area contributed by atoms with Gasteiger partial charge >= 0.3 is 0 Å². The number of nitrogens with zero attached hydrogens (tertiary/aromatic N) is 3. The molecule has 5 heteroatoms. The van der Waals surface area contributed by atoms with Gasteiger partial charge in [-0.05, 0) is 17.9 Å². The molecule has 2 aromatic heterocycles. The fourth-order valence-corrected chi connectivity index (χ4v) is 2.24. The summed E-state index contributed by atoms with van der Waals surface area (Å²) in [5.74, 6) is 0.847. The van der Waals surface area contributed by atoms with E-state index in [2.05, 4.69) is 17.1 Å². The number of hydrogen-bond acceptors (Lipinski definition) is 4. The molecule has 0 radical (unpaired) electrons. The molecule has 4 nitrogen and oxygen atoms in total. The van der Waals surface area contributed by atoms with Gasteiger partial charge in [-0.15, -0.1) is 21.5 Å². The Bertz CT molecular complexity index is 407. The fraction of sp³-hybridized carbons (Fsp3) is 0.400. The monoisotopic (exact) mass is 222 g/mol. The van der Waals surface area contributed by atoms with Crippen molar-refractivity contribution in [3.8, 4) is 0 Å². The van der Waals surface area contributed by atoms with E-state index in [1.807, 2.05) is 22.1 Å². The lowest BCUT2D eigenvalue weighted by molar-refractivity contribution is 0.616. The standard InChI is InChI=1S/C10H14N4S/c1-2-5-14-7-12-13-10(14)9(11)8-4-3-6-15-8/h3-4,6-7,9H,2,5,11H2,1H3. The summed E-state index contributed by atoms with van der Waals surface area (Å²) in [4.78, 5) is 1.13. The predicted octanol–water partition coefficient (Wildman–Crippen LogP) is 1.80. The first-order valence-electron chi connectivity index (χ1n) is 4.99. The van der Waals surface area contributed by atoms with E-state index in [4.69, 9.17) is 5.73 Å². The van der Waals surface area contributed by atoms with Gasteiger partial charge < -0.3 is 10.3 Å². The van der Waals surface area contributed by atoms with Crippen LogP contribution in [0.2, 0.25) is 0 Å². The van der Waals surface area contributed by atoms with E-state index in [0.717, 1.165) is 23.7 Å². The average molecular weight is 222 g/mol. The van der Waals surface area contributed by atoms with Crippen molar-refractivity contribution in [1.82, 2.24) is 14.8 Å². The van der Waals surface area contributed by atoms with E-state index in [1.165, 1.54) is 0 Å². The summed E-state index contributed by atoms with van der Waals surface area (Å²) in [6.07, 6.45) is 2.80. The lowest BCUT2D eigenvalue weighted by Gasteiger charge is -2.10. The molecule has 0 fully saturated rings. The van der Waals surface area contributed by atoms with Gasteiger partial charge in [0.05, 0.1) is 0 Å². The summed E-state index contributed by atoms with van der Waals surface area (Å²) in [5.41, 5.74) is 6.12. The minimum absolute atomic E-state index is 0.154. The number of hydrogen-bond donors (Lipinski definition) is 1.